The van der Waals surface area contributed by atoms with Crippen LogP contribution in [0.4, 0.5) is 0 Å². The maximum Gasteiger partial charge on any atom is 0.258 e. The minimum Gasteiger partial charge on any atom is -0.482 e. The summed E-state index contributed by atoms with van der Waals surface area (Å²) >= 11 is 0. The van der Waals surface area contributed by atoms with Crippen molar-refractivity contribution < 1.29 is 14.6 Å². The van der Waals surface area contributed by atoms with E-state index in [1.165, 1.54) is 19.0 Å². The van der Waals surface area contributed by atoms with E-state index in [0.29, 0.717) is 11.4 Å². The van der Waals surface area contributed by atoms with Crippen molar-refractivity contribution in [2.24, 2.45) is 5.92 Å². The average Bonchev–Trinajstić information content (AvgIpc) is 2.48. The molecule has 0 aromatic carbocycles. The number of aliphatic hydroxyl groups is 1. The molecule has 2 N–H and O–H groups in total. The van der Waals surface area contributed by atoms with Crippen LogP contribution in [0.25, 0.3) is 0 Å². The Bertz CT molecular complexity index is 425. The summed E-state index contributed by atoms with van der Waals surface area (Å²) in [6.07, 6.45) is 5.98. The summed E-state index contributed by atoms with van der Waals surface area (Å²) in [7, 11) is 0. The van der Waals surface area contributed by atoms with E-state index >= 15 is 0 Å². The van der Waals surface area contributed by atoms with Crippen LogP contribution in [-0.4, -0.2) is 28.6 Å². The molecule has 110 valence electrons. The highest BCUT2D eigenvalue weighted by Gasteiger charge is 2.19. The zero-order chi connectivity index (χ0) is 14.4. The van der Waals surface area contributed by atoms with Gasteiger partial charge in [0, 0.05) is 6.04 Å². The third-order valence-electron chi connectivity index (χ3n) is 3.71. The van der Waals surface area contributed by atoms with Crippen LogP contribution in [0.15, 0.2) is 18.3 Å². The van der Waals surface area contributed by atoms with Gasteiger partial charge in [-0.2, -0.15) is 0 Å². The number of nitrogens with zero attached hydrogens (tertiary/aromatic N) is 1. The summed E-state index contributed by atoms with van der Waals surface area (Å²) in [6, 6.07) is 3.67. The number of nitrogens with one attached hydrogen (secondary N) is 1. The Hall–Kier alpha value is -1.62. The molecule has 20 heavy (non-hydrogen) atoms. The van der Waals surface area contributed by atoms with Crippen LogP contribution in [0.3, 0.4) is 0 Å². The number of carbonyl (C=O) groups excluding carboxylic acids is 1. The highest BCUT2D eigenvalue weighted by Crippen LogP contribution is 2.23. The predicted octanol–water partition coefficient (Wildman–Crippen LogP) is 1.65. The van der Waals surface area contributed by atoms with E-state index in [1.807, 2.05) is 0 Å². The first-order chi connectivity index (χ1) is 9.67. The lowest BCUT2D eigenvalue weighted by atomic mass is 9.87. The van der Waals surface area contributed by atoms with E-state index in [9.17, 15) is 4.79 Å². The Kier molecular flexibility index (Phi) is 5.35. The van der Waals surface area contributed by atoms with E-state index in [1.54, 1.807) is 12.1 Å². The van der Waals surface area contributed by atoms with Crippen LogP contribution in [0.2, 0.25) is 0 Å². The summed E-state index contributed by atoms with van der Waals surface area (Å²) in [6.45, 7) is 2.16. The number of aromatic nitrogens is 1. The smallest absolute Gasteiger partial charge is 0.258 e. The molecule has 0 atom stereocenters. The van der Waals surface area contributed by atoms with Gasteiger partial charge in [-0.3, -0.25) is 9.78 Å². The Labute approximate surface area is 119 Å². The monoisotopic (exact) mass is 278 g/mol. The highest BCUT2D eigenvalue weighted by atomic mass is 16.5. The Balaban J connectivity index is 1.71. The maximum absolute atomic E-state index is 11.8. The fraction of sp³-hybridized carbons (Fsp3) is 0.600. The van der Waals surface area contributed by atoms with Gasteiger partial charge in [-0.05, 0) is 43.7 Å². The van der Waals surface area contributed by atoms with Gasteiger partial charge in [-0.1, -0.05) is 6.92 Å². The van der Waals surface area contributed by atoms with Crippen molar-refractivity contribution in [3.8, 4) is 5.75 Å². The first-order valence-electron chi connectivity index (χ1n) is 7.15. The van der Waals surface area contributed by atoms with Crippen LogP contribution in [0.5, 0.6) is 5.75 Å². The molecular formula is C15H22N2O3. The van der Waals surface area contributed by atoms with Crippen molar-refractivity contribution in [1.82, 2.24) is 10.3 Å². The SMILES string of the molecule is CC1CCC(NC(=O)COc2ccc(CO)nc2)CC1. The molecule has 2 rings (SSSR count). The number of aliphatic hydroxyl groups excluding tert-OH is 1. The van der Waals surface area contributed by atoms with Gasteiger partial charge < -0.3 is 15.2 Å². The molecule has 1 aromatic heterocycles. The molecule has 1 amide bonds. The number of ether oxygens (including phenoxy) is 1. The lowest BCUT2D eigenvalue weighted by molar-refractivity contribution is -0.124. The molecule has 1 fully saturated rings. The second kappa shape index (κ2) is 7.24. The Morgan fingerprint density at radius 1 is 1.40 bits per heavy atom. The van der Waals surface area contributed by atoms with E-state index in [4.69, 9.17) is 9.84 Å². The van der Waals surface area contributed by atoms with Gasteiger partial charge in [0.1, 0.15) is 5.75 Å². The third-order valence-corrected chi connectivity index (χ3v) is 3.71. The van der Waals surface area contributed by atoms with Crippen LogP contribution >= 0.6 is 0 Å². The van der Waals surface area contributed by atoms with Gasteiger partial charge in [0.15, 0.2) is 6.61 Å². The largest absolute Gasteiger partial charge is 0.482 e. The quantitative estimate of drug-likeness (QED) is 0.859. The molecule has 0 unspecified atom stereocenters. The summed E-state index contributed by atoms with van der Waals surface area (Å²) in [4.78, 5) is 15.8. The van der Waals surface area contributed by atoms with Crippen LogP contribution in [0, 0.1) is 5.92 Å². The number of pyridine rings is 1. The summed E-state index contributed by atoms with van der Waals surface area (Å²) in [5.74, 6) is 1.22. The lowest BCUT2D eigenvalue weighted by Crippen LogP contribution is -2.39. The van der Waals surface area contributed by atoms with Crippen molar-refractivity contribution in [2.75, 3.05) is 6.61 Å². The molecule has 0 spiro atoms. The van der Waals surface area contributed by atoms with Crippen molar-refractivity contribution in [1.29, 1.82) is 0 Å². The van der Waals surface area contributed by atoms with Crippen LogP contribution in [0.1, 0.15) is 38.3 Å². The highest BCUT2D eigenvalue weighted by molar-refractivity contribution is 5.77. The van der Waals surface area contributed by atoms with E-state index in [0.717, 1.165) is 18.8 Å². The molecular weight excluding hydrogens is 256 g/mol. The minimum absolute atomic E-state index is 0.00616. The predicted molar refractivity (Wildman–Crippen MR) is 75.2 cm³/mol. The Morgan fingerprint density at radius 3 is 2.75 bits per heavy atom. The van der Waals surface area contributed by atoms with E-state index < -0.39 is 0 Å². The second-order valence-corrected chi connectivity index (χ2v) is 5.46. The summed E-state index contributed by atoms with van der Waals surface area (Å²) in [5, 5.41) is 11.9. The molecule has 0 radical (unpaired) electrons. The van der Waals surface area contributed by atoms with Gasteiger partial charge in [0.25, 0.3) is 5.91 Å². The van der Waals surface area contributed by atoms with Crippen LogP contribution < -0.4 is 10.1 Å². The summed E-state index contributed by atoms with van der Waals surface area (Å²) < 4.78 is 5.37. The normalized spacial score (nSPS) is 22.3. The van der Waals surface area contributed by atoms with Gasteiger partial charge >= 0.3 is 0 Å². The minimum atomic E-state index is -0.0964. The molecule has 5 heteroatoms. The molecule has 1 aliphatic rings. The van der Waals surface area contributed by atoms with Crippen molar-refractivity contribution in [2.45, 2.75) is 45.3 Å². The van der Waals surface area contributed by atoms with E-state index in [2.05, 4.69) is 17.2 Å². The number of rotatable bonds is 5. The summed E-state index contributed by atoms with van der Waals surface area (Å²) in [5.41, 5.74) is 0.582. The number of hydrogen-bond acceptors (Lipinski definition) is 4. The van der Waals surface area contributed by atoms with Gasteiger partial charge in [-0.25, -0.2) is 0 Å². The fourth-order valence-electron chi connectivity index (χ4n) is 2.41. The van der Waals surface area contributed by atoms with Gasteiger partial charge in [-0.15, -0.1) is 0 Å². The maximum atomic E-state index is 11.8. The molecule has 0 saturated heterocycles. The first kappa shape index (κ1) is 14.8. The Morgan fingerprint density at radius 2 is 2.15 bits per heavy atom. The number of amides is 1. The van der Waals surface area contributed by atoms with Crippen LogP contribution in [-0.2, 0) is 11.4 Å². The zero-order valence-corrected chi connectivity index (χ0v) is 11.8. The zero-order valence-electron chi connectivity index (χ0n) is 11.8. The number of hydrogen-bond donors (Lipinski definition) is 2. The van der Waals surface area contributed by atoms with Crippen molar-refractivity contribution >= 4 is 5.91 Å². The standard InChI is InChI=1S/C15H22N2O3/c1-11-2-4-12(5-3-11)17-15(19)10-20-14-7-6-13(9-18)16-8-14/h6-8,11-12,18H,2-5,9-10H2,1H3,(H,17,19). The van der Waals surface area contributed by atoms with Gasteiger partial charge in [0.05, 0.1) is 18.5 Å². The van der Waals surface area contributed by atoms with E-state index in [-0.39, 0.29) is 25.2 Å². The molecule has 1 saturated carbocycles. The fourth-order valence-corrected chi connectivity index (χ4v) is 2.41. The molecule has 1 aliphatic carbocycles. The van der Waals surface area contributed by atoms with Gasteiger partial charge in [0.2, 0.25) is 0 Å². The molecule has 5 nitrogen and oxygen atoms in total. The van der Waals surface area contributed by atoms with Crippen molar-refractivity contribution in [3.05, 3.63) is 24.0 Å². The second-order valence-electron chi connectivity index (χ2n) is 5.46. The molecule has 0 aliphatic heterocycles. The lowest BCUT2D eigenvalue weighted by Gasteiger charge is -2.26. The number of carbonyl (C=O) groups is 1. The molecule has 1 aromatic rings. The van der Waals surface area contributed by atoms with Crippen molar-refractivity contribution in [3.63, 3.8) is 0 Å². The first-order valence-corrected chi connectivity index (χ1v) is 7.15. The molecule has 0 bridgehead atoms. The average molecular weight is 278 g/mol. The topological polar surface area (TPSA) is 71.5 Å². The molecule has 1 heterocycles. The third kappa shape index (κ3) is 4.49.